The number of ether oxygens (including phenoxy) is 2. The third-order valence-corrected chi connectivity index (χ3v) is 8.00. The highest BCUT2D eigenvalue weighted by atomic mass is 35.5. The van der Waals surface area contributed by atoms with E-state index >= 15 is 0 Å². The second kappa shape index (κ2) is 10.9. The van der Waals surface area contributed by atoms with Crippen molar-refractivity contribution in [2.45, 2.75) is 75.5 Å². The van der Waals surface area contributed by atoms with Crippen LogP contribution in [0.1, 0.15) is 48.8 Å². The van der Waals surface area contributed by atoms with Crippen molar-refractivity contribution >= 4 is 17.6 Å². The number of halogens is 4. The number of fused-ring (bicyclic) bond motifs is 1. The molecule has 5 rings (SSSR count). The van der Waals surface area contributed by atoms with Crippen molar-refractivity contribution in [2.24, 2.45) is 0 Å². The first-order valence-electron chi connectivity index (χ1n) is 12.7. The average Bonchev–Trinajstić information content (AvgIpc) is 3.31. The maximum Gasteiger partial charge on any atom is 0.491 e. The number of alkyl halides is 3. The zero-order chi connectivity index (χ0) is 26.2. The molecule has 3 atom stereocenters. The maximum absolute atomic E-state index is 12.9. The number of hydrogen-bond acceptors (Lipinski definition) is 7. The van der Waals surface area contributed by atoms with E-state index in [-0.39, 0.29) is 24.6 Å². The lowest BCUT2D eigenvalue weighted by atomic mass is 9.83. The summed E-state index contributed by atoms with van der Waals surface area (Å²) in [7, 11) is 0. The summed E-state index contributed by atoms with van der Waals surface area (Å²) in [5, 5.41) is 0.673. The van der Waals surface area contributed by atoms with Crippen molar-refractivity contribution in [3.63, 3.8) is 0 Å². The minimum atomic E-state index is -5.06. The van der Waals surface area contributed by atoms with Gasteiger partial charge in [-0.15, -0.1) is 0 Å². The largest absolute Gasteiger partial charge is 0.491 e. The summed E-state index contributed by atoms with van der Waals surface area (Å²) in [6.07, 6.45) is -0.102. The van der Waals surface area contributed by atoms with Crippen molar-refractivity contribution in [3.05, 3.63) is 52.7 Å². The van der Waals surface area contributed by atoms with E-state index in [4.69, 9.17) is 25.5 Å². The molecule has 202 valence electrons. The summed E-state index contributed by atoms with van der Waals surface area (Å²) in [5.41, 5.74) is 1.15. The molecule has 37 heavy (non-hydrogen) atoms. The molecule has 2 aliphatic heterocycles. The van der Waals surface area contributed by atoms with Crippen LogP contribution in [0.4, 0.5) is 13.2 Å². The lowest BCUT2D eigenvalue weighted by Crippen LogP contribution is -2.67. The van der Waals surface area contributed by atoms with Crippen LogP contribution in [-0.4, -0.2) is 77.6 Å². The number of morpholine rings is 1. The Morgan fingerprint density at radius 1 is 1.16 bits per heavy atom. The minimum Gasteiger partial charge on any atom is -0.446 e. The third kappa shape index (κ3) is 6.13. The first-order valence-corrected chi connectivity index (χ1v) is 13.1. The standard InChI is InChI=1S/C26H31ClF3N3O4/c1-16-13-31-23(36-16)18-4-8-20(9-5-18)33-15-22-24(37-25(34)26(28,29)30)35-11-10-32(22)14-21(33)12-17-2-6-19(27)7-3-17/h2-3,6-7,13,18,20-22,24H,4-5,8-12,14-15H2,1H3/t18?,20?,21-,22+,24?/m0/s1. The van der Waals surface area contributed by atoms with Gasteiger partial charge < -0.3 is 13.9 Å². The smallest absolute Gasteiger partial charge is 0.446 e. The van der Waals surface area contributed by atoms with Gasteiger partial charge in [-0.3, -0.25) is 9.80 Å². The van der Waals surface area contributed by atoms with Gasteiger partial charge in [-0.05, 0) is 56.7 Å². The summed E-state index contributed by atoms with van der Waals surface area (Å²) in [6.45, 7) is 3.78. The topological polar surface area (TPSA) is 68.0 Å². The van der Waals surface area contributed by atoms with Gasteiger partial charge in [-0.2, -0.15) is 13.2 Å². The second-order valence-electron chi connectivity index (χ2n) is 10.2. The highest BCUT2D eigenvalue weighted by Crippen LogP contribution is 2.37. The summed E-state index contributed by atoms with van der Waals surface area (Å²) in [4.78, 5) is 20.5. The third-order valence-electron chi connectivity index (χ3n) is 7.75. The number of nitrogens with zero attached hydrogens (tertiary/aromatic N) is 3. The first kappa shape index (κ1) is 26.5. The van der Waals surface area contributed by atoms with Gasteiger partial charge in [-0.25, -0.2) is 9.78 Å². The molecule has 3 aliphatic rings. The van der Waals surface area contributed by atoms with Gasteiger partial charge in [0.25, 0.3) is 0 Å². The molecule has 1 aromatic heterocycles. The molecule has 0 radical (unpaired) electrons. The van der Waals surface area contributed by atoms with Crippen LogP contribution in [0, 0.1) is 6.92 Å². The zero-order valence-electron chi connectivity index (χ0n) is 20.6. The van der Waals surface area contributed by atoms with Crippen LogP contribution in [0.25, 0.3) is 0 Å². The Morgan fingerprint density at radius 2 is 1.89 bits per heavy atom. The quantitative estimate of drug-likeness (QED) is 0.507. The number of aromatic nitrogens is 1. The number of rotatable bonds is 5. The predicted molar refractivity (Wildman–Crippen MR) is 129 cm³/mol. The van der Waals surface area contributed by atoms with Gasteiger partial charge in [0, 0.05) is 42.7 Å². The maximum atomic E-state index is 12.9. The van der Waals surface area contributed by atoms with Crippen LogP contribution in [0.2, 0.25) is 5.02 Å². The number of carbonyl (C=O) groups excluding carboxylic acids is 1. The number of aryl methyl sites for hydroxylation is 1. The van der Waals surface area contributed by atoms with E-state index in [0.29, 0.717) is 24.7 Å². The molecule has 0 N–H and O–H groups in total. The van der Waals surface area contributed by atoms with Crippen molar-refractivity contribution in [3.8, 4) is 0 Å². The van der Waals surface area contributed by atoms with Gasteiger partial charge in [0.2, 0.25) is 6.29 Å². The van der Waals surface area contributed by atoms with Gasteiger partial charge in [0.1, 0.15) is 5.76 Å². The number of benzene rings is 1. The second-order valence-corrected chi connectivity index (χ2v) is 10.6. The van der Waals surface area contributed by atoms with Crippen LogP contribution in [0.15, 0.2) is 34.9 Å². The molecular weight excluding hydrogens is 511 g/mol. The van der Waals surface area contributed by atoms with E-state index in [2.05, 4.69) is 14.8 Å². The highest BCUT2D eigenvalue weighted by molar-refractivity contribution is 6.30. The van der Waals surface area contributed by atoms with Gasteiger partial charge in [0.15, 0.2) is 5.89 Å². The van der Waals surface area contributed by atoms with Crippen LogP contribution in [-0.2, 0) is 20.7 Å². The van der Waals surface area contributed by atoms with E-state index in [9.17, 15) is 18.0 Å². The molecule has 2 saturated heterocycles. The lowest BCUT2D eigenvalue weighted by molar-refractivity contribution is -0.252. The number of hydrogen-bond donors (Lipinski definition) is 0. The molecule has 0 bridgehead atoms. The Hall–Kier alpha value is -2.14. The molecule has 7 nitrogen and oxygen atoms in total. The summed E-state index contributed by atoms with van der Waals surface area (Å²) >= 11 is 6.08. The van der Waals surface area contributed by atoms with Crippen LogP contribution < -0.4 is 0 Å². The number of piperazine rings is 1. The van der Waals surface area contributed by atoms with Gasteiger partial charge in [0.05, 0.1) is 18.8 Å². The molecule has 0 amide bonds. The van der Waals surface area contributed by atoms with Gasteiger partial charge >= 0.3 is 12.1 Å². The number of carbonyl (C=O) groups is 1. The molecule has 1 unspecified atom stereocenters. The van der Waals surface area contributed by atoms with E-state index in [1.807, 2.05) is 31.2 Å². The Kier molecular flexibility index (Phi) is 7.81. The van der Waals surface area contributed by atoms with Crippen LogP contribution in [0.3, 0.4) is 0 Å². The van der Waals surface area contributed by atoms with Crippen molar-refractivity contribution in [1.29, 1.82) is 0 Å². The molecule has 11 heteroatoms. The van der Waals surface area contributed by atoms with E-state index < -0.39 is 24.5 Å². The Morgan fingerprint density at radius 3 is 2.54 bits per heavy atom. The van der Waals surface area contributed by atoms with Crippen molar-refractivity contribution in [2.75, 3.05) is 26.2 Å². The predicted octanol–water partition coefficient (Wildman–Crippen LogP) is 4.72. The molecule has 1 aromatic carbocycles. The molecule has 0 spiro atoms. The number of esters is 1. The van der Waals surface area contributed by atoms with E-state index in [1.165, 1.54) is 0 Å². The SMILES string of the molecule is Cc1cnc(C2CCC(N3C[C@@H]4C(OC(=O)C(F)(F)F)OCCN4C[C@@H]3Cc3ccc(Cl)cc3)CC2)o1. The monoisotopic (exact) mass is 541 g/mol. The summed E-state index contributed by atoms with van der Waals surface area (Å²) in [6, 6.07) is 7.71. The van der Waals surface area contributed by atoms with Crippen molar-refractivity contribution in [1.82, 2.24) is 14.8 Å². The lowest BCUT2D eigenvalue weighted by Gasteiger charge is -2.53. The molecule has 3 fully saturated rings. The Balaban J connectivity index is 1.33. The van der Waals surface area contributed by atoms with E-state index in [0.717, 1.165) is 49.3 Å². The van der Waals surface area contributed by atoms with Crippen LogP contribution >= 0.6 is 11.6 Å². The van der Waals surface area contributed by atoms with Gasteiger partial charge in [-0.1, -0.05) is 23.7 Å². The summed E-state index contributed by atoms with van der Waals surface area (Å²) in [5.74, 6) is -0.373. The fraction of sp³-hybridized carbons (Fsp3) is 0.615. The summed E-state index contributed by atoms with van der Waals surface area (Å²) < 4.78 is 54.9. The molecular formula is C26H31ClF3N3O4. The zero-order valence-corrected chi connectivity index (χ0v) is 21.4. The molecule has 1 aliphatic carbocycles. The molecule has 2 aromatic rings. The minimum absolute atomic E-state index is 0.153. The first-order chi connectivity index (χ1) is 17.7. The Bertz CT molecular complexity index is 1070. The Labute approximate surface area is 218 Å². The fourth-order valence-corrected chi connectivity index (χ4v) is 6.05. The van der Waals surface area contributed by atoms with Crippen molar-refractivity contribution < 1.29 is 31.9 Å². The highest BCUT2D eigenvalue weighted by Gasteiger charge is 2.48. The van der Waals surface area contributed by atoms with E-state index in [1.54, 1.807) is 6.20 Å². The fourth-order valence-electron chi connectivity index (χ4n) is 5.93. The molecule has 1 saturated carbocycles. The number of oxazole rings is 1. The molecule has 3 heterocycles. The normalized spacial score (nSPS) is 29.6. The average molecular weight is 542 g/mol. The van der Waals surface area contributed by atoms with Crippen LogP contribution in [0.5, 0.6) is 0 Å².